The Kier molecular flexibility index (Phi) is 4.92. The first kappa shape index (κ1) is 15.5. The van der Waals surface area contributed by atoms with Gasteiger partial charge in [0.05, 0.1) is 12.2 Å². The maximum atomic E-state index is 12.4. The van der Waals surface area contributed by atoms with E-state index in [4.69, 9.17) is 0 Å². The van der Waals surface area contributed by atoms with E-state index in [1.807, 2.05) is 6.92 Å². The maximum Gasteiger partial charge on any atom is 0.243 e. The zero-order chi connectivity index (χ0) is 15.3. The predicted octanol–water partition coefficient (Wildman–Crippen LogP) is 1.12. The molecule has 1 heterocycles. The average Bonchev–Trinajstić information content (AvgIpc) is 2.89. The molecule has 2 aromatic rings. The van der Waals surface area contributed by atoms with E-state index >= 15 is 0 Å². The lowest BCUT2D eigenvalue weighted by atomic mass is 10.3. The number of rotatable bonds is 7. The zero-order valence-corrected chi connectivity index (χ0v) is 12.9. The van der Waals surface area contributed by atoms with Crippen LogP contribution in [0.4, 0.5) is 5.69 Å². The van der Waals surface area contributed by atoms with Gasteiger partial charge < -0.3 is 9.88 Å². The highest BCUT2D eigenvalue weighted by atomic mass is 32.2. The Morgan fingerprint density at radius 2 is 2.05 bits per heavy atom. The van der Waals surface area contributed by atoms with E-state index in [-0.39, 0.29) is 11.4 Å². The molecule has 114 valence electrons. The summed E-state index contributed by atoms with van der Waals surface area (Å²) in [5, 5.41) is 10.7. The summed E-state index contributed by atoms with van der Waals surface area (Å²) >= 11 is 0. The van der Waals surface area contributed by atoms with Crippen molar-refractivity contribution in [3.63, 3.8) is 0 Å². The average molecular weight is 309 g/mol. The molecule has 0 saturated heterocycles. The van der Waals surface area contributed by atoms with Crippen LogP contribution in [0, 0.1) is 0 Å². The number of sulfonamides is 1. The third-order valence-corrected chi connectivity index (χ3v) is 4.43. The first-order valence-corrected chi connectivity index (χ1v) is 8.18. The number of hydrogen-bond acceptors (Lipinski definition) is 5. The first-order valence-electron chi connectivity index (χ1n) is 6.70. The molecule has 0 spiro atoms. The van der Waals surface area contributed by atoms with Crippen LogP contribution < -0.4 is 10.0 Å². The molecule has 7 nitrogen and oxygen atoms in total. The summed E-state index contributed by atoms with van der Waals surface area (Å²) < 4.78 is 29.0. The molecule has 1 aromatic carbocycles. The van der Waals surface area contributed by atoms with E-state index in [1.165, 1.54) is 6.33 Å². The largest absolute Gasteiger partial charge is 0.384 e. The van der Waals surface area contributed by atoms with Crippen molar-refractivity contribution in [1.82, 2.24) is 19.5 Å². The molecule has 0 saturated carbocycles. The number of anilines is 1. The first-order chi connectivity index (χ1) is 10.0. The van der Waals surface area contributed by atoms with Crippen LogP contribution >= 0.6 is 0 Å². The van der Waals surface area contributed by atoms with Gasteiger partial charge in [0.2, 0.25) is 10.0 Å². The van der Waals surface area contributed by atoms with Crippen molar-refractivity contribution in [2.75, 3.05) is 11.9 Å². The number of aryl methyl sites for hydroxylation is 1. The lowest BCUT2D eigenvalue weighted by Gasteiger charge is -2.12. The molecule has 1 aromatic heterocycles. The molecule has 0 amide bonds. The third kappa shape index (κ3) is 3.79. The second kappa shape index (κ2) is 6.68. The van der Waals surface area contributed by atoms with Gasteiger partial charge in [-0.2, -0.15) is 0 Å². The highest BCUT2D eigenvalue weighted by Gasteiger charge is 2.18. The van der Waals surface area contributed by atoms with Crippen molar-refractivity contribution >= 4 is 15.7 Å². The number of hydrogen-bond donors (Lipinski definition) is 2. The van der Waals surface area contributed by atoms with Gasteiger partial charge >= 0.3 is 0 Å². The van der Waals surface area contributed by atoms with Gasteiger partial charge in [-0.1, -0.05) is 19.1 Å². The van der Waals surface area contributed by atoms with E-state index in [9.17, 15) is 8.42 Å². The van der Waals surface area contributed by atoms with E-state index in [2.05, 4.69) is 20.2 Å². The Balaban J connectivity index is 2.17. The summed E-state index contributed by atoms with van der Waals surface area (Å²) in [6, 6.07) is 6.84. The van der Waals surface area contributed by atoms with Crippen molar-refractivity contribution in [3.05, 3.63) is 36.4 Å². The molecule has 0 aliphatic rings. The van der Waals surface area contributed by atoms with Crippen molar-refractivity contribution in [3.8, 4) is 0 Å². The highest BCUT2D eigenvalue weighted by molar-refractivity contribution is 7.89. The van der Waals surface area contributed by atoms with Crippen LogP contribution in [0.3, 0.4) is 0 Å². The summed E-state index contributed by atoms with van der Waals surface area (Å²) in [6.45, 7) is 2.84. The predicted molar refractivity (Wildman–Crippen MR) is 80.3 cm³/mol. The van der Waals surface area contributed by atoms with Gasteiger partial charge in [0.1, 0.15) is 17.0 Å². The molecule has 0 aliphatic carbocycles. The van der Waals surface area contributed by atoms with E-state index in [1.54, 1.807) is 35.9 Å². The van der Waals surface area contributed by atoms with Gasteiger partial charge in [-0.3, -0.25) is 0 Å². The number of nitrogens with zero attached hydrogens (tertiary/aromatic N) is 3. The second-order valence-corrected chi connectivity index (χ2v) is 6.34. The minimum Gasteiger partial charge on any atom is -0.384 e. The third-order valence-electron chi connectivity index (χ3n) is 2.97. The number of para-hydroxylation sites is 1. The molecule has 2 N–H and O–H groups in total. The summed E-state index contributed by atoms with van der Waals surface area (Å²) in [5.74, 6) is 0.553. The van der Waals surface area contributed by atoms with E-state index in [0.717, 1.165) is 13.0 Å². The fourth-order valence-corrected chi connectivity index (χ4v) is 2.97. The Bertz CT molecular complexity index is 696. The van der Waals surface area contributed by atoms with Crippen LogP contribution in [-0.4, -0.2) is 29.7 Å². The number of nitrogens with one attached hydrogen (secondary N) is 2. The molecule has 0 unspecified atom stereocenters. The normalized spacial score (nSPS) is 11.5. The van der Waals surface area contributed by atoms with Gasteiger partial charge in [-0.15, -0.1) is 10.2 Å². The molecular weight excluding hydrogens is 290 g/mol. The smallest absolute Gasteiger partial charge is 0.243 e. The molecular formula is C13H19N5O2S. The standard InChI is InChI=1S/C13H19N5O2S/c1-3-8-14-11-6-4-5-7-12(11)21(19,20)16-9-13-17-15-10-18(13)2/h4-7,10,14,16H,3,8-9H2,1-2H3. The second-order valence-electron chi connectivity index (χ2n) is 4.61. The van der Waals surface area contributed by atoms with Crippen LogP contribution in [0.2, 0.25) is 0 Å². The van der Waals surface area contributed by atoms with Crippen LogP contribution in [0.5, 0.6) is 0 Å². The monoisotopic (exact) mass is 309 g/mol. The topological polar surface area (TPSA) is 88.9 Å². The fourth-order valence-electron chi connectivity index (χ4n) is 1.81. The van der Waals surface area contributed by atoms with Gasteiger partial charge in [0.15, 0.2) is 0 Å². The number of benzene rings is 1. The van der Waals surface area contributed by atoms with Crippen molar-refractivity contribution < 1.29 is 8.42 Å². The quantitative estimate of drug-likeness (QED) is 0.800. The van der Waals surface area contributed by atoms with Gasteiger partial charge in [0.25, 0.3) is 0 Å². The molecule has 21 heavy (non-hydrogen) atoms. The Labute approximate surface area is 124 Å². The molecule has 2 rings (SSSR count). The lowest BCUT2D eigenvalue weighted by molar-refractivity contribution is 0.577. The Morgan fingerprint density at radius 1 is 1.29 bits per heavy atom. The molecule has 0 atom stereocenters. The van der Waals surface area contributed by atoms with Crippen molar-refractivity contribution in [1.29, 1.82) is 0 Å². The van der Waals surface area contributed by atoms with Crippen LogP contribution in [0.15, 0.2) is 35.5 Å². The van der Waals surface area contributed by atoms with Gasteiger partial charge in [-0.25, -0.2) is 13.1 Å². The van der Waals surface area contributed by atoms with Gasteiger partial charge in [0, 0.05) is 13.6 Å². The van der Waals surface area contributed by atoms with Crippen LogP contribution in [0.1, 0.15) is 19.2 Å². The molecule has 0 radical (unpaired) electrons. The van der Waals surface area contributed by atoms with Crippen molar-refractivity contribution in [2.45, 2.75) is 24.8 Å². The van der Waals surface area contributed by atoms with Gasteiger partial charge in [-0.05, 0) is 18.6 Å². The molecule has 0 aliphatic heterocycles. The van der Waals surface area contributed by atoms with E-state index in [0.29, 0.717) is 11.5 Å². The minimum absolute atomic E-state index is 0.0982. The minimum atomic E-state index is -3.61. The fraction of sp³-hybridized carbons (Fsp3) is 0.385. The summed E-state index contributed by atoms with van der Waals surface area (Å²) in [7, 11) is -1.84. The number of aromatic nitrogens is 3. The SMILES string of the molecule is CCCNc1ccccc1S(=O)(=O)NCc1nncn1C. The lowest BCUT2D eigenvalue weighted by Crippen LogP contribution is -2.25. The molecule has 0 bridgehead atoms. The summed E-state index contributed by atoms with van der Waals surface area (Å²) in [4.78, 5) is 0.237. The summed E-state index contributed by atoms with van der Waals surface area (Å²) in [6.07, 6.45) is 2.45. The Morgan fingerprint density at radius 3 is 2.71 bits per heavy atom. The van der Waals surface area contributed by atoms with Crippen molar-refractivity contribution in [2.24, 2.45) is 7.05 Å². The molecule has 0 fully saturated rings. The maximum absolute atomic E-state index is 12.4. The van der Waals surface area contributed by atoms with Crippen LogP contribution in [0.25, 0.3) is 0 Å². The Hall–Kier alpha value is -1.93. The summed E-state index contributed by atoms with van der Waals surface area (Å²) in [5.41, 5.74) is 0.602. The van der Waals surface area contributed by atoms with Crippen LogP contribution in [-0.2, 0) is 23.6 Å². The molecule has 8 heteroatoms. The highest BCUT2D eigenvalue weighted by Crippen LogP contribution is 2.20. The van der Waals surface area contributed by atoms with E-state index < -0.39 is 10.0 Å². The zero-order valence-electron chi connectivity index (χ0n) is 12.1.